The molecule has 2 aromatic heterocycles. The van der Waals surface area contributed by atoms with Crippen LogP contribution in [0.1, 0.15) is 5.69 Å². The van der Waals surface area contributed by atoms with Gasteiger partial charge in [-0.05, 0) is 12.1 Å². The van der Waals surface area contributed by atoms with Crippen LogP contribution in [0.25, 0.3) is 20.8 Å². The number of fused-ring (bicyclic) bond motifs is 2. The van der Waals surface area contributed by atoms with E-state index < -0.39 is 0 Å². The molecule has 1 aliphatic rings. The second-order valence-corrected chi connectivity index (χ2v) is 8.68. The van der Waals surface area contributed by atoms with Gasteiger partial charge in [-0.25, -0.2) is 9.97 Å². The molecule has 0 fully saturated rings. The molecule has 5 rings (SSSR count). The smallest absolute Gasteiger partial charge is 0.232 e. The van der Waals surface area contributed by atoms with E-state index in [4.69, 9.17) is 21.1 Å². The fraction of sp³-hybridized carbons (Fsp3) is 0.150. The Morgan fingerprint density at radius 3 is 2.66 bits per heavy atom. The summed E-state index contributed by atoms with van der Waals surface area (Å²) >= 11 is 8.83. The Hall–Kier alpha value is -2.68. The van der Waals surface area contributed by atoms with E-state index in [1.54, 1.807) is 0 Å². The highest BCUT2D eigenvalue weighted by Crippen LogP contribution is 2.37. The molecule has 0 atom stereocenters. The molecule has 0 saturated carbocycles. The van der Waals surface area contributed by atoms with E-state index in [0.29, 0.717) is 34.9 Å². The SMILES string of the molecule is O=C(Cc1csc(-c2ccc(Cl)cc2)n1)Nc1nc2cc3c(cc2s1)OCCO3. The van der Waals surface area contributed by atoms with E-state index in [0.717, 1.165) is 26.5 Å². The van der Waals surface area contributed by atoms with Crippen LogP contribution in [0.3, 0.4) is 0 Å². The van der Waals surface area contributed by atoms with Crippen molar-refractivity contribution in [2.24, 2.45) is 0 Å². The summed E-state index contributed by atoms with van der Waals surface area (Å²) in [6.07, 6.45) is 0.183. The largest absolute Gasteiger partial charge is 0.486 e. The molecule has 0 aliphatic carbocycles. The van der Waals surface area contributed by atoms with Gasteiger partial charge in [-0.15, -0.1) is 11.3 Å². The average Bonchev–Trinajstić information content (AvgIpc) is 3.32. The molecular weight excluding hydrogens is 430 g/mol. The number of amides is 1. The lowest BCUT2D eigenvalue weighted by Gasteiger charge is -2.17. The van der Waals surface area contributed by atoms with Crippen molar-refractivity contribution in [2.75, 3.05) is 18.5 Å². The first-order valence-electron chi connectivity index (χ1n) is 8.84. The number of nitrogens with zero attached hydrogens (tertiary/aromatic N) is 2. The van der Waals surface area contributed by atoms with Crippen molar-refractivity contribution in [3.63, 3.8) is 0 Å². The number of hydrogen-bond donors (Lipinski definition) is 1. The lowest BCUT2D eigenvalue weighted by molar-refractivity contribution is -0.115. The van der Waals surface area contributed by atoms with Gasteiger partial charge in [0.25, 0.3) is 0 Å². The first-order chi connectivity index (χ1) is 14.1. The zero-order chi connectivity index (χ0) is 19.8. The van der Waals surface area contributed by atoms with E-state index in [2.05, 4.69) is 15.3 Å². The number of halogens is 1. The van der Waals surface area contributed by atoms with Gasteiger partial charge in [0.1, 0.15) is 18.2 Å². The number of thiazole rings is 2. The van der Waals surface area contributed by atoms with Crippen molar-refractivity contribution in [3.8, 4) is 22.1 Å². The van der Waals surface area contributed by atoms with Gasteiger partial charge >= 0.3 is 0 Å². The molecule has 4 aromatic rings. The van der Waals surface area contributed by atoms with Gasteiger partial charge in [0.05, 0.1) is 22.3 Å². The molecule has 0 bridgehead atoms. The molecule has 0 radical (unpaired) electrons. The summed E-state index contributed by atoms with van der Waals surface area (Å²) in [6.45, 7) is 1.06. The summed E-state index contributed by atoms with van der Waals surface area (Å²) in [7, 11) is 0. The molecule has 9 heteroatoms. The van der Waals surface area contributed by atoms with Gasteiger partial charge in [0, 0.05) is 28.1 Å². The molecule has 3 heterocycles. The van der Waals surface area contributed by atoms with Crippen LogP contribution >= 0.6 is 34.3 Å². The Bertz CT molecular complexity index is 1160. The van der Waals surface area contributed by atoms with E-state index in [1.165, 1.54) is 22.7 Å². The van der Waals surface area contributed by atoms with E-state index >= 15 is 0 Å². The molecule has 1 N–H and O–H groups in total. The molecule has 1 amide bonds. The fourth-order valence-corrected chi connectivity index (χ4v) is 4.80. The quantitative estimate of drug-likeness (QED) is 0.479. The zero-order valence-electron chi connectivity index (χ0n) is 15.0. The van der Waals surface area contributed by atoms with E-state index in [1.807, 2.05) is 41.8 Å². The Labute approximate surface area is 179 Å². The van der Waals surface area contributed by atoms with Crippen LogP contribution < -0.4 is 14.8 Å². The molecule has 0 spiro atoms. The topological polar surface area (TPSA) is 73.3 Å². The maximum Gasteiger partial charge on any atom is 0.232 e. The van der Waals surface area contributed by atoms with Crippen LogP contribution in [0, 0.1) is 0 Å². The van der Waals surface area contributed by atoms with Crippen molar-refractivity contribution in [2.45, 2.75) is 6.42 Å². The maximum atomic E-state index is 12.5. The number of carbonyl (C=O) groups excluding carboxylic acids is 1. The van der Waals surface area contributed by atoms with Crippen molar-refractivity contribution in [1.82, 2.24) is 9.97 Å². The highest BCUT2D eigenvalue weighted by Gasteiger charge is 2.16. The monoisotopic (exact) mass is 443 g/mol. The van der Waals surface area contributed by atoms with Gasteiger partial charge in [0.2, 0.25) is 5.91 Å². The second kappa shape index (κ2) is 7.62. The average molecular weight is 444 g/mol. The fourth-order valence-electron chi connectivity index (χ4n) is 2.96. The molecule has 29 heavy (non-hydrogen) atoms. The summed E-state index contributed by atoms with van der Waals surface area (Å²) in [5.74, 6) is 1.24. The predicted octanol–water partition coefficient (Wildman–Crippen LogP) is 5.03. The molecular formula is C20H14ClN3O3S2. The Morgan fingerprint density at radius 2 is 1.86 bits per heavy atom. The molecule has 146 valence electrons. The normalized spacial score (nSPS) is 12.9. The lowest BCUT2D eigenvalue weighted by atomic mass is 10.2. The second-order valence-electron chi connectivity index (χ2n) is 6.36. The third kappa shape index (κ3) is 3.91. The number of aromatic nitrogens is 2. The Morgan fingerprint density at radius 1 is 1.10 bits per heavy atom. The van der Waals surface area contributed by atoms with E-state index in [9.17, 15) is 4.79 Å². The third-order valence-corrected chi connectivity index (χ3v) is 6.41. The minimum absolute atomic E-state index is 0.158. The summed E-state index contributed by atoms with van der Waals surface area (Å²) in [4.78, 5) is 21.5. The van der Waals surface area contributed by atoms with Crippen LogP contribution in [0.2, 0.25) is 5.02 Å². The Kier molecular flexibility index (Phi) is 4.83. The van der Waals surface area contributed by atoms with Crippen LogP contribution in [0.5, 0.6) is 11.5 Å². The minimum Gasteiger partial charge on any atom is -0.486 e. The number of rotatable bonds is 4. The number of benzene rings is 2. The number of hydrogen-bond acceptors (Lipinski definition) is 7. The van der Waals surface area contributed by atoms with Crippen molar-refractivity contribution >= 4 is 55.5 Å². The Balaban J connectivity index is 1.29. The van der Waals surface area contributed by atoms with Crippen LogP contribution in [0.4, 0.5) is 5.13 Å². The first kappa shape index (κ1) is 18.4. The predicted molar refractivity (Wildman–Crippen MR) is 116 cm³/mol. The lowest BCUT2D eigenvalue weighted by Crippen LogP contribution is -2.15. The number of nitrogens with one attached hydrogen (secondary N) is 1. The van der Waals surface area contributed by atoms with Crippen LogP contribution in [0.15, 0.2) is 41.8 Å². The standard InChI is InChI=1S/C20H14ClN3O3S2/c21-12-3-1-11(2-4-12)19-22-13(10-28-19)7-18(25)24-20-23-14-8-15-16(9-17(14)29-20)27-6-5-26-15/h1-4,8-10H,5-7H2,(H,23,24,25). The molecule has 0 saturated heterocycles. The number of ether oxygens (including phenoxy) is 2. The maximum absolute atomic E-state index is 12.5. The van der Waals surface area contributed by atoms with Gasteiger partial charge < -0.3 is 14.8 Å². The number of anilines is 1. The minimum atomic E-state index is -0.158. The summed E-state index contributed by atoms with van der Waals surface area (Å²) in [6, 6.07) is 11.2. The van der Waals surface area contributed by atoms with Gasteiger partial charge in [-0.1, -0.05) is 35.1 Å². The van der Waals surface area contributed by atoms with Crippen LogP contribution in [-0.2, 0) is 11.2 Å². The van der Waals surface area contributed by atoms with Crippen molar-refractivity contribution in [3.05, 3.63) is 52.5 Å². The summed E-state index contributed by atoms with van der Waals surface area (Å²) in [5.41, 5.74) is 2.47. The molecule has 1 aliphatic heterocycles. The summed E-state index contributed by atoms with van der Waals surface area (Å²) in [5, 5.41) is 6.83. The molecule has 0 unspecified atom stereocenters. The van der Waals surface area contributed by atoms with Gasteiger partial charge in [-0.3, -0.25) is 4.79 Å². The summed E-state index contributed by atoms with van der Waals surface area (Å²) < 4.78 is 12.1. The van der Waals surface area contributed by atoms with Crippen molar-refractivity contribution < 1.29 is 14.3 Å². The van der Waals surface area contributed by atoms with Crippen molar-refractivity contribution in [1.29, 1.82) is 0 Å². The van der Waals surface area contributed by atoms with Crippen LogP contribution in [-0.4, -0.2) is 29.1 Å². The van der Waals surface area contributed by atoms with E-state index in [-0.39, 0.29) is 12.3 Å². The highest BCUT2D eigenvalue weighted by molar-refractivity contribution is 7.22. The first-order valence-corrected chi connectivity index (χ1v) is 10.9. The molecule has 6 nitrogen and oxygen atoms in total. The van der Waals surface area contributed by atoms with Gasteiger partial charge in [-0.2, -0.15) is 0 Å². The highest BCUT2D eigenvalue weighted by atomic mass is 35.5. The zero-order valence-corrected chi connectivity index (χ0v) is 17.4. The third-order valence-electron chi connectivity index (χ3n) is 4.28. The number of carbonyl (C=O) groups is 1. The molecule has 2 aromatic carbocycles. The van der Waals surface area contributed by atoms with Gasteiger partial charge in [0.15, 0.2) is 16.6 Å².